The monoisotopic (exact) mass is 729 g/mol. The second-order valence-electron chi connectivity index (χ2n) is 13.2. The summed E-state index contributed by atoms with van der Waals surface area (Å²) in [7, 11) is 0. The molecule has 52 heavy (non-hydrogen) atoms. The van der Waals surface area contributed by atoms with Crippen LogP contribution in [0.4, 0.5) is 0 Å². The van der Waals surface area contributed by atoms with Gasteiger partial charge in [-0.15, -0.1) is 0 Å². The first-order chi connectivity index (χ1) is 25.7. The zero-order valence-electron chi connectivity index (χ0n) is 27.7. The van der Waals surface area contributed by atoms with Gasteiger partial charge in [-0.05, 0) is 6.07 Å². The third kappa shape index (κ3) is 4.64. The van der Waals surface area contributed by atoms with E-state index in [0.29, 0.717) is 17.5 Å². The molecule has 4 nitrogen and oxygen atoms in total. The molecule has 0 radical (unpaired) electrons. The molecule has 0 fully saturated rings. The molecule has 0 aliphatic carbocycles. The van der Waals surface area contributed by atoms with E-state index in [1.165, 1.54) is 52.0 Å². The molecule has 0 atom stereocenters. The number of hydrogen-bond acceptors (Lipinski definition) is 4. The second-order valence-corrected chi connectivity index (χ2v) is 15.3. The van der Waals surface area contributed by atoms with Crippen LogP contribution >= 0.6 is 0 Å². The summed E-state index contributed by atoms with van der Waals surface area (Å²) in [4.78, 5) is 15.4. The standard InChI is InChI=1S/C47H27N3OSe/c1-3-11-28(12-4-1)38-25-33(26-39-37-24-21-30-20-19-29-13-7-8-16-34(29)42(30)44(37)52-43(38)39)47-49-45(31-14-5-2-6-15-31)48-46(50-47)32-22-23-36-35-17-9-10-18-40(35)51-41(36)27-32/h1-27H. The van der Waals surface area contributed by atoms with E-state index in [2.05, 4.69) is 127 Å². The van der Waals surface area contributed by atoms with Gasteiger partial charge in [0.05, 0.1) is 0 Å². The molecular formula is C47H27N3OSe. The van der Waals surface area contributed by atoms with Crippen LogP contribution in [-0.2, 0) is 0 Å². The number of fused-ring (bicyclic) bond motifs is 10. The van der Waals surface area contributed by atoms with Gasteiger partial charge in [0.15, 0.2) is 0 Å². The quantitative estimate of drug-likeness (QED) is 0.134. The predicted octanol–water partition coefficient (Wildman–Crippen LogP) is 12.1. The fourth-order valence-electron chi connectivity index (χ4n) is 7.60. The Balaban J connectivity index is 1.19. The molecule has 3 aromatic heterocycles. The van der Waals surface area contributed by atoms with E-state index in [9.17, 15) is 0 Å². The van der Waals surface area contributed by atoms with Crippen molar-refractivity contribution in [1.82, 2.24) is 15.0 Å². The first-order valence-corrected chi connectivity index (χ1v) is 19.1. The normalized spacial score (nSPS) is 11.8. The number of para-hydroxylation sites is 1. The van der Waals surface area contributed by atoms with Crippen molar-refractivity contribution in [2.75, 3.05) is 0 Å². The van der Waals surface area contributed by atoms with Crippen molar-refractivity contribution < 1.29 is 4.42 Å². The van der Waals surface area contributed by atoms with Gasteiger partial charge in [0.25, 0.3) is 0 Å². The summed E-state index contributed by atoms with van der Waals surface area (Å²) in [6.45, 7) is 0. The van der Waals surface area contributed by atoms with Crippen molar-refractivity contribution in [2.45, 2.75) is 0 Å². The summed E-state index contributed by atoms with van der Waals surface area (Å²) < 4.78 is 9.11. The summed E-state index contributed by atoms with van der Waals surface area (Å²) in [5.74, 6) is 1.88. The van der Waals surface area contributed by atoms with E-state index < -0.39 is 0 Å². The summed E-state index contributed by atoms with van der Waals surface area (Å²) >= 11 is 0.0967. The van der Waals surface area contributed by atoms with Crippen LogP contribution in [0.15, 0.2) is 168 Å². The molecule has 11 rings (SSSR count). The molecule has 11 aromatic rings. The molecule has 3 heterocycles. The van der Waals surface area contributed by atoms with E-state index in [4.69, 9.17) is 19.4 Å². The van der Waals surface area contributed by atoms with E-state index >= 15 is 0 Å². The van der Waals surface area contributed by atoms with Crippen molar-refractivity contribution in [3.05, 3.63) is 164 Å². The van der Waals surface area contributed by atoms with Gasteiger partial charge < -0.3 is 0 Å². The van der Waals surface area contributed by atoms with Gasteiger partial charge in [0.1, 0.15) is 0 Å². The average molecular weight is 729 g/mol. The van der Waals surface area contributed by atoms with Gasteiger partial charge in [-0.1, -0.05) is 18.2 Å². The third-order valence-electron chi connectivity index (χ3n) is 10.1. The van der Waals surface area contributed by atoms with Crippen LogP contribution in [0.2, 0.25) is 0 Å². The molecule has 0 amide bonds. The van der Waals surface area contributed by atoms with Gasteiger partial charge >= 0.3 is 281 Å². The molecule has 0 spiro atoms. The predicted molar refractivity (Wildman–Crippen MR) is 216 cm³/mol. The summed E-state index contributed by atoms with van der Waals surface area (Å²) in [5, 5.41) is 9.95. The van der Waals surface area contributed by atoms with Gasteiger partial charge in [0, 0.05) is 0 Å². The van der Waals surface area contributed by atoms with Crippen LogP contribution in [-0.4, -0.2) is 29.5 Å². The zero-order valence-corrected chi connectivity index (χ0v) is 29.5. The second kappa shape index (κ2) is 11.6. The number of aromatic nitrogens is 3. The number of benzene rings is 8. The molecule has 0 bridgehead atoms. The third-order valence-corrected chi connectivity index (χ3v) is 12.8. The Morgan fingerprint density at radius 2 is 0.981 bits per heavy atom. The molecule has 0 aliphatic heterocycles. The van der Waals surface area contributed by atoms with Crippen molar-refractivity contribution >= 4 is 77.3 Å². The SMILES string of the molecule is c1ccc(-c2nc(-c3ccc4c(c3)oc3ccccc34)nc(-c3cc(-c4ccccc4)c4[se]c5c(ccc6ccc7ccccc7c65)c4c3)n2)cc1. The zero-order chi connectivity index (χ0) is 34.2. The van der Waals surface area contributed by atoms with Crippen molar-refractivity contribution in [3.8, 4) is 45.3 Å². The number of hydrogen-bond donors (Lipinski definition) is 0. The Bertz CT molecular complexity index is 3180. The Morgan fingerprint density at radius 3 is 1.81 bits per heavy atom. The van der Waals surface area contributed by atoms with Crippen molar-refractivity contribution in [1.29, 1.82) is 0 Å². The fraction of sp³-hybridized carbons (Fsp3) is 0. The average Bonchev–Trinajstić information content (AvgIpc) is 3.79. The Morgan fingerprint density at radius 1 is 0.365 bits per heavy atom. The van der Waals surface area contributed by atoms with E-state index in [1.54, 1.807) is 0 Å². The minimum atomic E-state index is 0.0967. The topological polar surface area (TPSA) is 51.8 Å². The van der Waals surface area contributed by atoms with Crippen LogP contribution in [0.3, 0.4) is 0 Å². The van der Waals surface area contributed by atoms with Gasteiger partial charge in [-0.2, -0.15) is 0 Å². The summed E-state index contributed by atoms with van der Waals surface area (Å²) in [5.41, 5.74) is 6.87. The van der Waals surface area contributed by atoms with E-state index in [1.807, 2.05) is 36.4 Å². The minimum absolute atomic E-state index is 0.0967. The number of rotatable bonds is 4. The van der Waals surface area contributed by atoms with Crippen LogP contribution in [0, 0.1) is 0 Å². The molecule has 0 unspecified atom stereocenters. The van der Waals surface area contributed by atoms with Crippen molar-refractivity contribution in [3.63, 3.8) is 0 Å². The van der Waals surface area contributed by atoms with Crippen molar-refractivity contribution in [2.24, 2.45) is 0 Å². The Kier molecular flexibility index (Phi) is 6.53. The molecule has 8 aromatic carbocycles. The van der Waals surface area contributed by atoms with Crippen LogP contribution in [0.5, 0.6) is 0 Å². The van der Waals surface area contributed by atoms with Gasteiger partial charge in [0.2, 0.25) is 0 Å². The van der Waals surface area contributed by atoms with Crippen LogP contribution in [0.1, 0.15) is 0 Å². The molecular weight excluding hydrogens is 701 g/mol. The Hall–Kier alpha value is -6.39. The first kappa shape index (κ1) is 29.4. The molecule has 242 valence electrons. The van der Waals surface area contributed by atoms with E-state index in [0.717, 1.165) is 38.6 Å². The van der Waals surface area contributed by atoms with Crippen LogP contribution < -0.4 is 0 Å². The summed E-state index contributed by atoms with van der Waals surface area (Å²) in [6.07, 6.45) is 0. The number of furan rings is 1. The number of nitrogens with zero attached hydrogens (tertiary/aromatic N) is 3. The van der Waals surface area contributed by atoms with E-state index in [-0.39, 0.29) is 14.5 Å². The maximum absolute atomic E-state index is 6.28. The summed E-state index contributed by atoms with van der Waals surface area (Å²) in [6, 6.07) is 57.8. The molecule has 0 aliphatic rings. The van der Waals surface area contributed by atoms with Gasteiger partial charge in [-0.3, -0.25) is 0 Å². The molecule has 0 saturated heterocycles. The maximum atomic E-state index is 6.28. The molecule has 0 N–H and O–H groups in total. The first-order valence-electron chi connectivity index (χ1n) is 17.3. The fourth-order valence-corrected chi connectivity index (χ4v) is 10.5. The van der Waals surface area contributed by atoms with Gasteiger partial charge in [-0.25, -0.2) is 0 Å². The molecule has 0 saturated carbocycles. The molecule has 5 heteroatoms. The van der Waals surface area contributed by atoms with Crippen LogP contribution in [0.25, 0.3) is 108 Å². The Labute approximate surface area is 304 Å².